The van der Waals surface area contributed by atoms with Gasteiger partial charge in [0.05, 0.1) is 0 Å². The fraction of sp³-hybridized carbons (Fsp3) is 0.167. The largest absolute Gasteiger partial charge is 0.365 e. The predicted molar refractivity (Wildman–Crippen MR) is 85.6 cm³/mol. The topological polar surface area (TPSA) is 46.5 Å². The molecule has 22 heavy (non-hydrogen) atoms. The molecule has 112 valence electrons. The van der Waals surface area contributed by atoms with E-state index in [-0.39, 0.29) is 5.78 Å². The second-order valence-corrected chi connectivity index (χ2v) is 6.35. The van der Waals surface area contributed by atoms with Crippen LogP contribution in [0.15, 0.2) is 76.5 Å². The van der Waals surface area contributed by atoms with Gasteiger partial charge in [-0.25, -0.2) is 0 Å². The number of benzene rings is 2. The Morgan fingerprint density at radius 1 is 1.05 bits per heavy atom. The summed E-state index contributed by atoms with van der Waals surface area (Å²) in [5.74, 6) is -0.165. The van der Waals surface area contributed by atoms with Crippen molar-refractivity contribution in [1.82, 2.24) is 0 Å². The minimum Gasteiger partial charge on any atom is -0.365 e. The molecule has 3 nitrogen and oxygen atoms in total. The summed E-state index contributed by atoms with van der Waals surface area (Å²) in [6.45, 7) is 1.68. The van der Waals surface area contributed by atoms with Crippen LogP contribution in [-0.2, 0) is 15.1 Å². The monoisotopic (exact) mass is 312 g/mol. The van der Waals surface area contributed by atoms with E-state index in [2.05, 4.69) is 12.1 Å². The molecule has 0 bridgehead atoms. The van der Waals surface area contributed by atoms with Gasteiger partial charge in [0.1, 0.15) is 0 Å². The van der Waals surface area contributed by atoms with Crippen LogP contribution < -0.4 is 0 Å². The molecule has 0 radical (unpaired) electrons. The lowest BCUT2D eigenvalue weighted by Crippen LogP contribution is -2.40. The average molecular weight is 312 g/mol. The second kappa shape index (κ2) is 6.08. The number of ketones is 1. The molecule has 2 atom stereocenters. The zero-order chi connectivity index (χ0) is 15.6. The van der Waals surface area contributed by atoms with E-state index in [4.69, 9.17) is 4.74 Å². The van der Waals surface area contributed by atoms with Gasteiger partial charge in [-0.05, 0) is 48.9 Å². The molecule has 4 heteroatoms. The van der Waals surface area contributed by atoms with E-state index in [1.807, 2.05) is 42.5 Å². The van der Waals surface area contributed by atoms with Crippen LogP contribution in [0.2, 0.25) is 0 Å². The standard InChI is InChI=1S/C18H16O3S/c1-18(16(19)11-12-17(20)21-18)13-7-9-15(10-8-13)22-14-5-3-2-4-6-14/h2-12,17,20H,1H3/t17?,18-/m0/s1. The quantitative estimate of drug-likeness (QED) is 0.942. The third-order valence-corrected chi connectivity index (χ3v) is 4.64. The highest BCUT2D eigenvalue weighted by Crippen LogP contribution is 2.34. The van der Waals surface area contributed by atoms with E-state index in [9.17, 15) is 9.90 Å². The van der Waals surface area contributed by atoms with Crippen LogP contribution in [0.3, 0.4) is 0 Å². The molecule has 0 spiro atoms. The van der Waals surface area contributed by atoms with E-state index in [1.54, 1.807) is 18.7 Å². The minimum atomic E-state index is -1.13. The molecule has 1 heterocycles. The van der Waals surface area contributed by atoms with Gasteiger partial charge in [0, 0.05) is 9.79 Å². The Hall–Kier alpha value is -1.88. The van der Waals surface area contributed by atoms with Crippen molar-refractivity contribution in [2.24, 2.45) is 0 Å². The first kappa shape index (κ1) is 15.0. The van der Waals surface area contributed by atoms with E-state index in [0.717, 1.165) is 15.4 Å². The highest BCUT2D eigenvalue weighted by atomic mass is 32.2. The molecular formula is C18H16O3S. The van der Waals surface area contributed by atoms with E-state index in [1.165, 1.54) is 12.2 Å². The highest BCUT2D eigenvalue weighted by molar-refractivity contribution is 7.99. The van der Waals surface area contributed by atoms with Crippen LogP contribution in [0, 0.1) is 0 Å². The molecule has 0 fully saturated rings. The number of ether oxygens (including phenoxy) is 1. The van der Waals surface area contributed by atoms with Crippen LogP contribution in [0.25, 0.3) is 0 Å². The normalized spacial score (nSPS) is 24.5. The van der Waals surface area contributed by atoms with Crippen molar-refractivity contribution in [3.8, 4) is 0 Å². The number of hydrogen-bond donors (Lipinski definition) is 1. The third-order valence-electron chi connectivity index (χ3n) is 3.62. The van der Waals surface area contributed by atoms with Crippen LogP contribution in [0.1, 0.15) is 12.5 Å². The van der Waals surface area contributed by atoms with Crippen molar-refractivity contribution < 1.29 is 14.6 Å². The molecule has 0 saturated carbocycles. The molecule has 2 aromatic rings. The molecule has 1 unspecified atom stereocenters. The van der Waals surface area contributed by atoms with E-state index < -0.39 is 11.9 Å². The zero-order valence-corrected chi connectivity index (χ0v) is 12.9. The van der Waals surface area contributed by atoms with Crippen molar-refractivity contribution >= 4 is 17.5 Å². The molecular weight excluding hydrogens is 296 g/mol. The van der Waals surface area contributed by atoms with Crippen LogP contribution >= 0.6 is 11.8 Å². The maximum absolute atomic E-state index is 12.1. The molecule has 3 rings (SSSR count). The van der Waals surface area contributed by atoms with Crippen molar-refractivity contribution in [1.29, 1.82) is 0 Å². The lowest BCUT2D eigenvalue weighted by Gasteiger charge is -2.32. The number of carbonyl (C=O) groups is 1. The van der Waals surface area contributed by atoms with Crippen molar-refractivity contribution in [3.05, 3.63) is 72.3 Å². The minimum absolute atomic E-state index is 0.165. The van der Waals surface area contributed by atoms with Gasteiger partial charge in [-0.2, -0.15) is 0 Å². The van der Waals surface area contributed by atoms with E-state index >= 15 is 0 Å². The van der Waals surface area contributed by atoms with Gasteiger partial charge in [0.25, 0.3) is 0 Å². The number of rotatable bonds is 3. The molecule has 0 saturated heterocycles. The Morgan fingerprint density at radius 2 is 1.68 bits per heavy atom. The maximum atomic E-state index is 12.1. The van der Waals surface area contributed by atoms with Gasteiger partial charge in [-0.15, -0.1) is 0 Å². The Labute approximate surface area is 133 Å². The van der Waals surface area contributed by atoms with Gasteiger partial charge < -0.3 is 9.84 Å². The summed E-state index contributed by atoms with van der Waals surface area (Å²) in [6.07, 6.45) is 1.67. The zero-order valence-electron chi connectivity index (χ0n) is 12.1. The molecule has 1 aliphatic rings. The Kier molecular flexibility index (Phi) is 4.16. The number of hydrogen-bond acceptors (Lipinski definition) is 4. The van der Waals surface area contributed by atoms with Crippen molar-refractivity contribution in [2.75, 3.05) is 0 Å². The lowest BCUT2D eigenvalue weighted by molar-refractivity contribution is -0.177. The maximum Gasteiger partial charge on any atom is 0.191 e. The fourth-order valence-electron chi connectivity index (χ4n) is 2.34. The Morgan fingerprint density at radius 3 is 2.36 bits per heavy atom. The Balaban J connectivity index is 1.82. The smallest absolute Gasteiger partial charge is 0.191 e. The van der Waals surface area contributed by atoms with Crippen LogP contribution in [0.5, 0.6) is 0 Å². The summed E-state index contributed by atoms with van der Waals surface area (Å²) in [7, 11) is 0. The Bertz CT molecular complexity index is 694. The lowest BCUT2D eigenvalue weighted by atomic mass is 9.89. The second-order valence-electron chi connectivity index (χ2n) is 5.20. The van der Waals surface area contributed by atoms with Gasteiger partial charge in [0.15, 0.2) is 17.7 Å². The van der Waals surface area contributed by atoms with Crippen LogP contribution in [-0.4, -0.2) is 17.2 Å². The van der Waals surface area contributed by atoms with Gasteiger partial charge >= 0.3 is 0 Å². The van der Waals surface area contributed by atoms with Crippen LogP contribution in [0.4, 0.5) is 0 Å². The van der Waals surface area contributed by atoms with Crippen molar-refractivity contribution in [3.63, 3.8) is 0 Å². The first-order valence-corrected chi connectivity index (χ1v) is 7.81. The summed E-state index contributed by atoms with van der Waals surface area (Å²) < 4.78 is 5.44. The average Bonchev–Trinajstić information content (AvgIpc) is 2.53. The molecule has 0 aromatic heterocycles. The van der Waals surface area contributed by atoms with Crippen molar-refractivity contribution in [2.45, 2.75) is 28.6 Å². The number of aliphatic hydroxyl groups excluding tert-OH is 1. The van der Waals surface area contributed by atoms with Gasteiger partial charge in [0.2, 0.25) is 0 Å². The number of carbonyl (C=O) groups excluding carboxylic acids is 1. The first-order chi connectivity index (χ1) is 10.6. The first-order valence-electron chi connectivity index (χ1n) is 7.00. The third kappa shape index (κ3) is 2.99. The highest BCUT2D eigenvalue weighted by Gasteiger charge is 2.38. The molecule has 0 amide bonds. The predicted octanol–water partition coefficient (Wildman–Crippen LogP) is 3.53. The van der Waals surface area contributed by atoms with Gasteiger partial charge in [-0.1, -0.05) is 42.1 Å². The van der Waals surface area contributed by atoms with E-state index in [0.29, 0.717) is 0 Å². The molecule has 1 N–H and O–H groups in total. The van der Waals surface area contributed by atoms with Gasteiger partial charge in [-0.3, -0.25) is 4.79 Å². The number of aliphatic hydroxyl groups is 1. The summed E-state index contributed by atoms with van der Waals surface area (Å²) in [5, 5.41) is 9.61. The summed E-state index contributed by atoms with van der Waals surface area (Å²) in [6, 6.07) is 17.7. The summed E-state index contributed by atoms with van der Waals surface area (Å²) in [4.78, 5) is 14.3. The SMILES string of the molecule is C[C@@]1(c2ccc(Sc3ccccc3)cc2)OC(O)C=CC1=O. The summed E-state index contributed by atoms with van der Waals surface area (Å²) in [5.41, 5.74) is -0.400. The molecule has 1 aliphatic heterocycles. The molecule has 2 aromatic carbocycles. The summed E-state index contributed by atoms with van der Waals surface area (Å²) >= 11 is 1.65. The fourth-order valence-corrected chi connectivity index (χ4v) is 3.18. The molecule has 0 aliphatic carbocycles.